The standard InChI is InChI=1S/C12H20N2O3/c1-12(2,3)17-11(16)14-9-7-5-6-8(9)13(4)10(14)15/h8-9H,5-7H2,1-4H3/t8-,9+/m0/s1. The second-order valence-electron chi connectivity index (χ2n) is 5.81. The predicted octanol–water partition coefficient (Wildman–Crippen LogP) is 2.21. The highest BCUT2D eigenvalue weighted by molar-refractivity contribution is 5.93. The number of amides is 3. The number of nitrogens with zero attached hydrogens (tertiary/aromatic N) is 2. The lowest BCUT2D eigenvalue weighted by Crippen LogP contribution is -2.43. The lowest BCUT2D eigenvalue weighted by molar-refractivity contribution is 0.0293. The summed E-state index contributed by atoms with van der Waals surface area (Å²) >= 11 is 0. The van der Waals surface area contributed by atoms with Crippen LogP contribution in [-0.4, -0.2) is 46.7 Å². The summed E-state index contributed by atoms with van der Waals surface area (Å²) < 4.78 is 5.29. The monoisotopic (exact) mass is 240 g/mol. The topological polar surface area (TPSA) is 49.9 Å². The van der Waals surface area contributed by atoms with Crippen LogP contribution in [0.15, 0.2) is 0 Å². The Hall–Kier alpha value is -1.26. The van der Waals surface area contributed by atoms with E-state index in [9.17, 15) is 9.59 Å². The summed E-state index contributed by atoms with van der Waals surface area (Å²) in [6.07, 6.45) is 2.42. The summed E-state index contributed by atoms with van der Waals surface area (Å²) in [4.78, 5) is 27.0. The molecule has 2 aliphatic rings. The summed E-state index contributed by atoms with van der Waals surface area (Å²) in [5.41, 5.74) is -0.563. The van der Waals surface area contributed by atoms with E-state index in [-0.39, 0.29) is 18.1 Å². The maximum atomic E-state index is 12.0. The zero-order chi connectivity index (χ0) is 12.8. The number of hydrogen-bond donors (Lipinski definition) is 0. The minimum atomic E-state index is -0.563. The molecule has 0 aromatic carbocycles. The van der Waals surface area contributed by atoms with Crippen molar-refractivity contribution in [2.45, 2.75) is 57.7 Å². The second kappa shape index (κ2) is 3.89. The van der Waals surface area contributed by atoms with Gasteiger partial charge in [-0.25, -0.2) is 14.5 Å². The third-order valence-corrected chi connectivity index (χ3v) is 3.37. The molecule has 0 bridgehead atoms. The van der Waals surface area contributed by atoms with Gasteiger partial charge in [0, 0.05) is 7.05 Å². The fourth-order valence-corrected chi connectivity index (χ4v) is 2.65. The first-order valence-corrected chi connectivity index (χ1v) is 6.10. The Bertz CT molecular complexity index is 348. The molecule has 5 heteroatoms. The first-order valence-electron chi connectivity index (χ1n) is 6.10. The minimum absolute atomic E-state index is 0.00218. The molecule has 2 fully saturated rings. The number of hydrogen-bond acceptors (Lipinski definition) is 3. The van der Waals surface area contributed by atoms with Crippen LogP contribution in [0.25, 0.3) is 0 Å². The Morgan fingerprint density at radius 2 is 1.88 bits per heavy atom. The second-order valence-corrected chi connectivity index (χ2v) is 5.81. The van der Waals surface area contributed by atoms with E-state index in [1.165, 1.54) is 4.90 Å². The van der Waals surface area contributed by atoms with Crippen LogP contribution in [-0.2, 0) is 4.74 Å². The van der Waals surface area contributed by atoms with Crippen molar-refractivity contribution in [3.8, 4) is 0 Å². The molecule has 1 saturated carbocycles. The Kier molecular flexibility index (Phi) is 2.79. The summed E-state index contributed by atoms with van der Waals surface area (Å²) in [6.45, 7) is 5.42. The molecule has 0 unspecified atom stereocenters. The van der Waals surface area contributed by atoms with E-state index in [0.29, 0.717) is 0 Å². The molecule has 3 amide bonds. The zero-order valence-corrected chi connectivity index (χ0v) is 10.9. The van der Waals surface area contributed by atoms with Crippen LogP contribution in [0.2, 0.25) is 0 Å². The van der Waals surface area contributed by atoms with Gasteiger partial charge in [-0.15, -0.1) is 0 Å². The highest BCUT2D eigenvalue weighted by Gasteiger charge is 2.50. The molecule has 2 rings (SSSR count). The van der Waals surface area contributed by atoms with Gasteiger partial charge in [-0.2, -0.15) is 0 Å². The third kappa shape index (κ3) is 2.10. The lowest BCUT2D eigenvalue weighted by atomic mass is 10.2. The Balaban J connectivity index is 2.15. The molecule has 1 heterocycles. The van der Waals surface area contributed by atoms with E-state index in [0.717, 1.165) is 19.3 Å². The van der Waals surface area contributed by atoms with Crippen LogP contribution in [0.1, 0.15) is 40.0 Å². The number of fused-ring (bicyclic) bond motifs is 1. The number of carbonyl (C=O) groups is 2. The Morgan fingerprint density at radius 3 is 2.47 bits per heavy atom. The molecule has 5 nitrogen and oxygen atoms in total. The van der Waals surface area contributed by atoms with Gasteiger partial charge in [-0.3, -0.25) is 0 Å². The maximum Gasteiger partial charge on any atom is 0.418 e. The molecule has 1 aliphatic heterocycles. The molecule has 0 spiro atoms. The summed E-state index contributed by atoms with van der Waals surface area (Å²) in [5.74, 6) is 0. The van der Waals surface area contributed by atoms with Gasteiger partial charge in [0.2, 0.25) is 0 Å². The molecular formula is C12H20N2O3. The summed E-state index contributed by atoms with van der Waals surface area (Å²) in [7, 11) is 1.76. The molecule has 2 atom stereocenters. The number of likely N-dealkylation sites (N-methyl/N-ethyl adjacent to an activating group) is 1. The molecule has 17 heavy (non-hydrogen) atoms. The van der Waals surface area contributed by atoms with E-state index in [1.54, 1.807) is 32.7 Å². The SMILES string of the molecule is CN1C(=O)N(C(=O)OC(C)(C)C)[C@@H]2CCC[C@@H]21. The van der Waals surface area contributed by atoms with Crippen molar-refractivity contribution in [1.29, 1.82) is 0 Å². The van der Waals surface area contributed by atoms with Gasteiger partial charge in [0.25, 0.3) is 0 Å². The zero-order valence-electron chi connectivity index (χ0n) is 10.9. The summed E-state index contributed by atoms with van der Waals surface area (Å²) in [6, 6.07) is -0.0497. The van der Waals surface area contributed by atoms with Crippen LogP contribution in [0.3, 0.4) is 0 Å². The van der Waals surface area contributed by atoms with Crippen LogP contribution in [0.5, 0.6) is 0 Å². The third-order valence-electron chi connectivity index (χ3n) is 3.37. The van der Waals surface area contributed by atoms with E-state index >= 15 is 0 Å². The van der Waals surface area contributed by atoms with Crippen molar-refractivity contribution in [1.82, 2.24) is 9.80 Å². The number of carbonyl (C=O) groups excluding carboxylic acids is 2. The number of ether oxygens (including phenoxy) is 1. The number of urea groups is 1. The fourth-order valence-electron chi connectivity index (χ4n) is 2.65. The molecule has 96 valence electrons. The van der Waals surface area contributed by atoms with E-state index < -0.39 is 11.7 Å². The van der Waals surface area contributed by atoms with Gasteiger partial charge in [-0.1, -0.05) is 0 Å². The average Bonchev–Trinajstić information content (AvgIpc) is 2.69. The average molecular weight is 240 g/mol. The Labute approximate surface area is 102 Å². The van der Waals surface area contributed by atoms with Gasteiger partial charge in [-0.05, 0) is 40.0 Å². The quantitative estimate of drug-likeness (QED) is 0.652. The van der Waals surface area contributed by atoms with E-state index in [1.807, 2.05) is 0 Å². The molecule has 0 radical (unpaired) electrons. The normalized spacial score (nSPS) is 28.6. The Morgan fingerprint density at radius 1 is 1.29 bits per heavy atom. The number of rotatable bonds is 0. The predicted molar refractivity (Wildman–Crippen MR) is 62.7 cm³/mol. The highest BCUT2D eigenvalue weighted by atomic mass is 16.6. The minimum Gasteiger partial charge on any atom is -0.443 e. The van der Waals surface area contributed by atoms with Crippen molar-refractivity contribution in [3.63, 3.8) is 0 Å². The molecule has 1 aliphatic carbocycles. The smallest absolute Gasteiger partial charge is 0.418 e. The maximum absolute atomic E-state index is 12.0. The molecule has 1 saturated heterocycles. The van der Waals surface area contributed by atoms with Crippen molar-refractivity contribution < 1.29 is 14.3 Å². The van der Waals surface area contributed by atoms with Crippen LogP contribution >= 0.6 is 0 Å². The van der Waals surface area contributed by atoms with Gasteiger partial charge >= 0.3 is 12.1 Å². The van der Waals surface area contributed by atoms with Crippen LogP contribution < -0.4 is 0 Å². The van der Waals surface area contributed by atoms with Crippen LogP contribution in [0.4, 0.5) is 9.59 Å². The van der Waals surface area contributed by atoms with Crippen molar-refractivity contribution >= 4 is 12.1 Å². The fraction of sp³-hybridized carbons (Fsp3) is 0.833. The van der Waals surface area contributed by atoms with Crippen molar-refractivity contribution in [3.05, 3.63) is 0 Å². The number of imide groups is 1. The van der Waals surface area contributed by atoms with Crippen molar-refractivity contribution in [2.24, 2.45) is 0 Å². The molecule has 0 aromatic rings. The van der Waals surface area contributed by atoms with Gasteiger partial charge in [0.15, 0.2) is 0 Å². The van der Waals surface area contributed by atoms with E-state index in [4.69, 9.17) is 4.74 Å². The van der Waals surface area contributed by atoms with Crippen molar-refractivity contribution in [2.75, 3.05) is 7.05 Å². The van der Waals surface area contributed by atoms with Gasteiger partial charge < -0.3 is 9.64 Å². The molecule has 0 N–H and O–H groups in total. The lowest BCUT2D eigenvalue weighted by Gasteiger charge is -2.25. The molecule has 0 aromatic heterocycles. The first kappa shape index (κ1) is 12.2. The van der Waals surface area contributed by atoms with Gasteiger partial charge in [0.05, 0.1) is 12.1 Å². The van der Waals surface area contributed by atoms with E-state index in [2.05, 4.69) is 0 Å². The van der Waals surface area contributed by atoms with Gasteiger partial charge in [0.1, 0.15) is 5.60 Å². The van der Waals surface area contributed by atoms with Crippen LogP contribution in [0, 0.1) is 0 Å². The largest absolute Gasteiger partial charge is 0.443 e. The first-order chi connectivity index (χ1) is 7.81. The highest BCUT2D eigenvalue weighted by Crippen LogP contribution is 2.35. The summed E-state index contributed by atoms with van der Waals surface area (Å²) in [5, 5.41) is 0. The molecular weight excluding hydrogens is 220 g/mol.